The molecule has 17 heavy (non-hydrogen) atoms. The summed E-state index contributed by atoms with van der Waals surface area (Å²) in [5.74, 6) is 0.662. The summed E-state index contributed by atoms with van der Waals surface area (Å²) in [5, 5.41) is 6.84. The molecule has 0 radical (unpaired) electrons. The third kappa shape index (κ3) is 2.97. The van der Waals surface area contributed by atoms with Crippen LogP contribution in [0.25, 0.3) is 0 Å². The highest BCUT2D eigenvalue weighted by molar-refractivity contribution is 9.10. The quantitative estimate of drug-likeness (QED) is 0.910. The summed E-state index contributed by atoms with van der Waals surface area (Å²) in [6.07, 6.45) is 3.51. The molecule has 6 heteroatoms. The van der Waals surface area contributed by atoms with Crippen molar-refractivity contribution < 1.29 is 0 Å². The third-order valence-corrected chi connectivity index (χ3v) is 4.02. The zero-order valence-electron chi connectivity index (χ0n) is 9.37. The lowest BCUT2D eigenvalue weighted by atomic mass is 10.1. The highest BCUT2D eigenvalue weighted by Gasteiger charge is 2.24. The largest absolute Gasteiger partial charge is 0.357 e. The van der Waals surface area contributed by atoms with Crippen LogP contribution in [0.15, 0.2) is 28.3 Å². The van der Waals surface area contributed by atoms with E-state index in [1.807, 2.05) is 25.3 Å². The average Bonchev–Trinajstić information content (AvgIpc) is 2.76. The number of rotatable bonds is 3. The summed E-state index contributed by atoms with van der Waals surface area (Å²) >= 11 is 11.1. The van der Waals surface area contributed by atoms with Crippen molar-refractivity contribution in [3.8, 4) is 0 Å². The van der Waals surface area contributed by atoms with Gasteiger partial charge in [-0.2, -0.15) is 0 Å². The predicted octanol–water partition coefficient (Wildman–Crippen LogP) is 4.30. The SMILES string of the molecule is CC(C)(Nc1ncc(Br)cc1Cl)c1nccs1. The maximum atomic E-state index is 6.12. The Morgan fingerprint density at radius 3 is 2.76 bits per heavy atom. The van der Waals surface area contributed by atoms with Gasteiger partial charge in [0.1, 0.15) is 10.8 Å². The molecule has 3 nitrogen and oxygen atoms in total. The van der Waals surface area contributed by atoms with Gasteiger partial charge in [0.25, 0.3) is 0 Å². The fourth-order valence-corrected chi connectivity index (χ4v) is 2.78. The molecule has 0 atom stereocenters. The van der Waals surface area contributed by atoms with E-state index in [2.05, 4.69) is 31.2 Å². The smallest absolute Gasteiger partial charge is 0.145 e. The van der Waals surface area contributed by atoms with Gasteiger partial charge < -0.3 is 5.32 Å². The van der Waals surface area contributed by atoms with Crippen LogP contribution in [0.1, 0.15) is 18.9 Å². The molecule has 0 spiro atoms. The van der Waals surface area contributed by atoms with Crippen LogP contribution in [0.5, 0.6) is 0 Å². The number of nitrogens with one attached hydrogen (secondary N) is 1. The van der Waals surface area contributed by atoms with Crippen molar-refractivity contribution in [2.45, 2.75) is 19.4 Å². The number of hydrogen-bond donors (Lipinski definition) is 1. The van der Waals surface area contributed by atoms with Crippen LogP contribution >= 0.6 is 38.9 Å². The summed E-state index contributed by atoms with van der Waals surface area (Å²) in [5.41, 5.74) is -0.293. The topological polar surface area (TPSA) is 37.8 Å². The van der Waals surface area contributed by atoms with Gasteiger partial charge in [-0.3, -0.25) is 0 Å². The van der Waals surface area contributed by atoms with Gasteiger partial charge >= 0.3 is 0 Å². The standard InChI is InChI=1S/C11H11BrClN3S/c1-11(2,10-14-3-4-17-10)16-9-8(13)5-7(12)6-15-9/h3-6H,1-2H3,(H,15,16). The zero-order chi connectivity index (χ0) is 12.5. The molecule has 1 N–H and O–H groups in total. The monoisotopic (exact) mass is 331 g/mol. The maximum Gasteiger partial charge on any atom is 0.145 e. The minimum absolute atomic E-state index is 0.293. The van der Waals surface area contributed by atoms with Crippen LogP contribution < -0.4 is 5.32 Å². The highest BCUT2D eigenvalue weighted by atomic mass is 79.9. The molecule has 0 aliphatic carbocycles. The van der Waals surface area contributed by atoms with Crippen molar-refractivity contribution in [2.75, 3.05) is 5.32 Å². The molecule has 0 unspecified atom stereocenters. The van der Waals surface area contributed by atoms with Gasteiger partial charge in [0.15, 0.2) is 0 Å². The molecule has 2 heterocycles. The molecule has 0 bridgehead atoms. The van der Waals surface area contributed by atoms with Crippen molar-refractivity contribution in [3.63, 3.8) is 0 Å². The number of halogens is 2. The van der Waals surface area contributed by atoms with Crippen LogP contribution in [0.2, 0.25) is 5.02 Å². The first-order valence-electron chi connectivity index (χ1n) is 4.98. The van der Waals surface area contributed by atoms with Gasteiger partial charge in [0.05, 0.1) is 10.6 Å². The Morgan fingerprint density at radius 2 is 2.18 bits per heavy atom. The van der Waals surface area contributed by atoms with Gasteiger partial charge in [0.2, 0.25) is 0 Å². The van der Waals surface area contributed by atoms with Crippen LogP contribution in [0, 0.1) is 0 Å². The lowest BCUT2D eigenvalue weighted by Crippen LogP contribution is -2.28. The van der Waals surface area contributed by atoms with Gasteiger partial charge in [-0.05, 0) is 35.8 Å². The van der Waals surface area contributed by atoms with Crippen LogP contribution in [-0.4, -0.2) is 9.97 Å². The second kappa shape index (κ2) is 4.92. The normalized spacial score (nSPS) is 11.5. The first-order valence-corrected chi connectivity index (χ1v) is 7.03. The molecule has 0 amide bonds. The Labute approximate surface area is 117 Å². The average molecular weight is 333 g/mol. The molecule has 0 aliphatic rings. The summed E-state index contributed by atoms with van der Waals surface area (Å²) in [6.45, 7) is 4.10. The summed E-state index contributed by atoms with van der Waals surface area (Å²) in [4.78, 5) is 8.57. The minimum Gasteiger partial charge on any atom is -0.357 e. The number of hydrogen-bond acceptors (Lipinski definition) is 4. The van der Waals surface area contributed by atoms with E-state index in [4.69, 9.17) is 11.6 Å². The molecule has 2 rings (SSSR count). The van der Waals surface area contributed by atoms with E-state index in [1.165, 1.54) is 0 Å². The van der Waals surface area contributed by atoms with Gasteiger partial charge in [-0.25, -0.2) is 9.97 Å². The van der Waals surface area contributed by atoms with Crippen molar-refractivity contribution in [3.05, 3.63) is 38.3 Å². The van der Waals surface area contributed by atoms with Crippen molar-refractivity contribution >= 4 is 44.7 Å². The number of pyridine rings is 1. The highest BCUT2D eigenvalue weighted by Crippen LogP contribution is 2.30. The van der Waals surface area contributed by atoms with E-state index in [0.717, 1.165) is 9.48 Å². The van der Waals surface area contributed by atoms with Gasteiger partial charge in [0, 0.05) is 22.2 Å². The van der Waals surface area contributed by atoms with E-state index < -0.39 is 0 Å². The van der Waals surface area contributed by atoms with Gasteiger partial charge in [-0.15, -0.1) is 11.3 Å². The molecular formula is C11H11BrClN3S. The molecular weight excluding hydrogens is 322 g/mol. The van der Waals surface area contributed by atoms with E-state index in [9.17, 15) is 0 Å². The molecule has 2 aromatic heterocycles. The van der Waals surface area contributed by atoms with Crippen LogP contribution in [0.4, 0.5) is 5.82 Å². The molecule has 0 fully saturated rings. The van der Waals surface area contributed by atoms with E-state index in [0.29, 0.717) is 10.8 Å². The molecule has 0 saturated carbocycles. The minimum atomic E-state index is -0.293. The van der Waals surface area contributed by atoms with Crippen molar-refractivity contribution in [1.29, 1.82) is 0 Å². The predicted molar refractivity (Wildman–Crippen MR) is 75.7 cm³/mol. The van der Waals surface area contributed by atoms with Crippen LogP contribution in [-0.2, 0) is 5.54 Å². The Hall–Kier alpha value is -0.650. The van der Waals surface area contributed by atoms with E-state index in [-0.39, 0.29) is 5.54 Å². The lowest BCUT2D eigenvalue weighted by molar-refractivity contribution is 0.601. The van der Waals surface area contributed by atoms with Crippen molar-refractivity contribution in [1.82, 2.24) is 9.97 Å². The number of anilines is 1. The number of nitrogens with zero attached hydrogens (tertiary/aromatic N) is 2. The summed E-state index contributed by atoms with van der Waals surface area (Å²) < 4.78 is 0.861. The molecule has 0 saturated heterocycles. The Morgan fingerprint density at radius 1 is 1.41 bits per heavy atom. The second-order valence-electron chi connectivity index (χ2n) is 4.07. The zero-order valence-corrected chi connectivity index (χ0v) is 12.5. The molecule has 90 valence electrons. The first kappa shape index (κ1) is 12.8. The molecule has 0 aliphatic heterocycles. The fourth-order valence-electron chi connectivity index (χ4n) is 1.39. The van der Waals surface area contributed by atoms with E-state index >= 15 is 0 Å². The Bertz CT molecular complexity index is 513. The number of aromatic nitrogens is 2. The number of thiazole rings is 1. The third-order valence-electron chi connectivity index (χ3n) is 2.21. The first-order chi connectivity index (χ1) is 7.99. The lowest BCUT2D eigenvalue weighted by Gasteiger charge is -2.25. The summed E-state index contributed by atoms with van der Waals surface area (Å²) in [7, 11) is 0. The summed E-state index contributed by atoms with van der Waals surface area (Å²) in [6, 6.07) is 1.81. The molecule has 0 aromatic carbocycles. The molecule has 2 aromatic rings. The second-order valence-corrected chi connectivity index (χ2v) is 6.29. The van der Waals surface area contributed by atoms with Gasteiger partial charge in [-0.1, -0.05) is 11.6 Å². The Balaban J connectivity index is 2.26. The fraction of sp³-hybridized carbons (Fsp3) is 0.273. The van der Waals surface area contributed by atoms with Crippen LogP contribution in [0.3, 0.4) is 0 Å². The van der Waals surface area contributed by atoms with Crippen molar-refractivity contribution in [2.24, 2.45) is 0 Å². The van der Waals surface area contributed by atoms with E-state index in [1.54, 1.807) is 23.7 Å². The Kier molecular flexibility index (Phi) is 3.70. The maximum absolute atomic E-state index is 6.12.